The van der Waals surface area contributed by atoms with Gasteiger partial charge in [-0.25, -0.2) is 0 Å². The van der Waals surface area contributed by atoms with Crippen LogP contribution in [0.2, 0.25) is 0 Å². The van der Waals surface area contributed by atoms with Crippen LogP contribution < -0.4 is 10.5 Å². The van der Waals surface area contributed by atoms with E-state index in [1.807, 2.05) is 0 Å². The lowest BCUT2D eigenvalue weighted by molar-refractivity contribution is 0.306. The first-order chi connectivity index (χ1) is 9.38. The van der Waals surface area contributed by atoms with Crippen molar-refractivity contribution in [2.24, 2.45) is 0 Å². The van der Waals surface area contributed by atoms with Crippen molar-refractivity contribution >= 4 is 5.69 Å². The lowest BCUT2D eigenvalue weighted by Gasteiger charge is -2.19. The standard InChI is InChI=1S/C17H21NO2/c1-17(2,3)13-9-7-12(8-10-13)11-20-15-6-4-5-14(19)16(15)18/h4-10,19H,11,18H2,1-3H3. The van der Waals surface area contributed by atoms with E-state index in [-0.39, 0.29) is 16.9 Å². The van der Waals surface area contributed by atoms with Crippen LogP contribution in [0.5, 0.6) is 11.5 Å². The first-order valence-electron chi connectivity index (χ1n) is 6.67. The third-order valence-corrected chi connectivity index (χ3v) is 3.26. The molecule has 2 aromatic carbocycles. The summed E-state index contributed by atoms with van der Waals surface area (Å²) in [7, 11) is 0. The lowest BCUT2D eigenvalue weighted by Crippen LogP contribution is -2.10. The lowest BCUT2D eigenvalue weighted by atomic mass is 9.87. The monoisotopic (exact) mass is 271 g/mol. The van der Waals surface area contributed by atoms with E-state index in [9.17, 15) is 5.11 Å². The van der Waals surface area contributed by atoms with Crippen molar-refractivity contribution in [1.82, 2.24) is 0 Å². The summed E-state index contributed by atoms with van der Waals surface area (Å²) >= 11 is 0. The normalized spacial score (nSPS) is 11.3. The molecule has 0 bridgehead atoms. The molecule has 0 aliphatic heterocycles. The highest BCUT2D eigenvalue weighted by atomic mass is 16.5. The van der Waals surface area contributed by atoms with Gasteiger partial charge in [-0.05, 0) is 28.7 Å². The van der Waals surface area contributed by atoms with Gasteiger partial charge in [0.15, 0.2) is 0 Å². The average Bonchev–Trinajstić information content (AvgIpc) is 2.40. The largest absolute Gasteiger partial charge is 0.506 e. The number of nitrogens with two attached hydrogens (primary N) is 1. The molecule has 0 radical (unpaired) electrons. The first kappa shape index (κ1) is 14.3. The second-order valence-corrected chi connectivity index (χ2v) is 5.92. The number of rotatable bonds is 3. The van der Waals surface area contributed by atoms with Crippen molar-refractivity contribution in [2.45, 2.75) is 32.8 Å². The van der Waals surface area contributed by atoms with Crippen LogP contribution in [0, 0.1) is 0 Å². The molecule has 3 N–H and O–H groups in total. The number of aromatic hydroxyl groups is 1. The molecule has 0 heterocycles. The third-order valence-electron chi connectivity index (χ3n) is 3.26. The number of para-hydroxylation sites is 1. The molecule has 3 heteroatoms. The Balaban J connectivity index is 2.06. The van der Waals surface area contributed by atoms with E-state index in [0.29, 0.717) is 12.4 Å². The molecule has 0 aliphatic carbocycles. The average molecular weight is 271 g/mol. The second-order valence-electron chi connectivity index (χ2n) is 5.92. The minimum Gasteiger partial charge on any atom is -0.506 e. The Morgan fingerprint density at radius 3 is 2.30 bits per heavy atom. The fraction of sp³-hybridized carbons (Fsp3) is 0.294. The fourth-order valence-corrected chi connectivity index (χ4v) is 1.92. The number of nitrogen functional groups attached to an aromatic ring is 1. The van der Waals surface area contributed by atoms with E-state index >= 15 is 0 Å². The molecule has 0 spiro atoms. The van der Waals surface area contributed by atoms with Crippen LogP contribution in [-0.4, -0.2) is 5.11 Å². The third kappa shape index (κ3) is 3.23. The Morgan fingerprint density at radius 1 is 1.05 bits per heavy atom. The van der Waals surface area contributed by atoms with Crippen LogP contribution >= 0.6 is 0 Å². The molecule has 0 saturated carbocycles. The van der Waals surface area contributed by atoms with Gasteiger partial charge in [0.2, 0.25) is 0 Å². The van der Waals surface area contributed by atoms with Gasteiger partial charge in [-0.1, -0.05) is 51.1 Å². The highest BCUT2D eigenvalue weighted by Crippen LogP contribution is 2.30. The fourth-order valence-electron chi connectivity index (χ4n) is 1.92. The van der Waals surface area contributed by atoms with Gasteiger partial charge >= 0.3 is 0 Å². The topological polar surface area (TPSA) is 55.5 Å². The molecule has 20 heavy (non-hydrogen) atoms. The Bertz CT molecular complexity index is 583. The van der Waals surface area contributed by atoms with E-state index in [1.165, 1.54) is 5.56 Å². The van der Waals surface area contributed by atoms with Crippen molar-refractivity contribution in [3.8, 4) is 11.5 Å². The maximum atomic E-state index is 9.52. The Kier molecular flexibility index (Phi) is 3.89. The maximum Gasteiger partial charge on any atom is 0.146 e. The smallest absolute Gasteiger partial charge is 0.146 e. The van der Waals surface area contributed by atoms with Gasteiger partial charge in [0.1, 0.15) is 23.8 Å². The Labute approximate surface area is 120 Å². The van der Waals surface area contributed by atoms with Gasteiger partial charge in [0.05, 0.1) is 0 Å². The zero-order chi connectivity index (χ0) is 14.8. The highest BCUT2D eigenvalue weighted by molar-refractivity contribution is 5.61. The van der Waals surface area contributed by atoms with Crippen molar-refractivity contribution in [2.75, 3.05) is 5.73 Å². The molecule has 0 aromatic heterocycles. The number of anilines is 1. The summed E-state index contributed by atoms with van der Waals surface area (Å²) in [4.78, 5) is 0. The summed E-state index contributed by atoms with van der Waals surface area (Å²) in [5.74, 6) is 0.551. The van der Waals surface area contributed by atoms with Gasteiger partial charge in [-0.15, -0.1) is 0 Å². The van der Waals surface area contributed by atoms with E-state index < -0.39 is 0 Å². The number of hydrogen-bond acceptors (Lipinski definition) is 3. The molecule has 0 amide bonds. The molecule has 2 aromatic rings. The zero-order valence-corrected chi connectivity index (χ0v) is 12.2. The van der Waals surface area contributed by atoms with Crippen molar-refractivity contribution in [1.29, 1.82) is 0 Å². The number of phenols is 1. The number of ether oxygens (including phenoxy) is 1. The van der Waals surface area contributed by atoms with Crippen LogP contribution in [0.15, 0.2) is 42.5 Å². The number of phenolic OH excluding ortho intramolecular Hbond substituents is 1. The summed E-state index contributed by atoms with van der Waals surface area (Å²) in [6, 6.07) is 13.3. The Hall–Kier alpha value is -2.16. The quantitative estimate of drug-likeness (QED) is 0.658. The summed E-state index contributed by atoms with van der Waals surface area (Å²) in [5.41, 5.74) is 8.54. The van der Waals surface area contributed by atoms with E-state index in [1.54, 1.807) is 18.2 Å². The molecule has 0 aliphatic rings. The van der Waals surface area contributed by atoms with Crippen LogP contribution in [0.3, 0.4) is 0 Å². The molecule has 2 rings (SSSR count). The highest BCUT2D eigenvalue weighted by Gasteiger charge is 2.13. The van der Waals surface area contributed by atoms with Crippen molar-refractivity contribution in [3.05, 3.63) is 53.6 Å². The SMILES string of the molecule is CC(C)(C)c1ccc(COc2cccc(O)c2N)cc1. The van der Waals surface area contributed by atoms with Crippen LogP contribution in [0.4, 0.5) is 5.69 Å². The molecule has 3 nitrogen and oxygen atoms in total. The number of hydrogen-bond donors (Lipinski definition) is 2. The molecular weight excluding hydrogens is 250 g/mol. The molecule has 106 valence electrons. The summed E-state index contributed by atoms with van der Waals surface area (Å²) in [6.07, 6.45) is 0. The van der Waals surface area contributed by atoms with E-state index in [2.05, 4.69) is 45.0 Å². The van der Waals surface area contributed by atoms with Crippen LogP contribution in [0.1, 0.15) is 31.9 Å². The summed E-state index contributed by atoms with van der Waals surface area (Å²) in [6.45, 7) is 6.99. The molecule has 0 atom stereocenters. The second kappa shape index (κ2) is 5.45. The van der Waals surface area contributed by atoms with Gasteiger partial charge in [-0.2, -0.15) is 0 Å². The van der Waals surface area contributed by atoms with E-state index in [0.717, 1.165) is 5.56 Å². The van der Waals surface area contributed by atoms with Crippen molar-refractivity contribution in [3.63, 3.8) is 0 Å². The summed E-state index contributed by atoms with van der Waals surface area (Å²) < 4.78 is 5.64. The van der Waals surface area contributed by atoms with Crippen LogP contribution in [-0.2, 0) is 12.0 Å². The van der Waals surface area contributed by atoms with Gasteiger partial charge in [0.25, 0.3) is 0 Å². The minimum absolute atomic E-state index is 0.0468. The molecular formula is C17H21NO2. The maximum absolute atomic E-state index is 9.52. The van der Waals surface area contributed by atoms with Crippen LogP contribution in [0.25, 0.3) is 0 Å². The molecule has 0 unspecified atom stereocenters. The summed E-state index contributed by atoms with van der Waals surface area (Å²) in [5, 5.41) is 9.52. The molecule has 0 saturated heterocycles. The van der Waals surface area contributed by atoms with Gasteiger partial charge < -0.3 is 15.6 Å². The van der Waals surface area contributed by atoms with E-state index in [4.69, 9.17) is 10.5 Å². The predicted octanol–water partition coefficient (Wildman–Crippen LogP) is 3.85. The first-order valence-corrected chi connectivity index (χ1v) is 6.67. The van der Waals surface area contributed by atoms with Crippen molar-refractivity contribution < 1.29 is 9.84 Å². The van der Waals surface area contributed by atoms with Gasteiger partial charge in [-0.3, -0.25) is 0 Å². The molecule has 0 fully saturated rings. The zero-order valence-electron chi connectivity index (χ0n) is 12.2. The predicted molar refractivity (Wildman–Crippen MR) is 82.0 cm³/mol. The Morgan fingerprint density at radius 2 is 1.70 bits per heavy atom. The minimum atomic E-state index is 0.0468. The van der Waals surface area contributed by atoms with Gasteiger partial charge in [0, 0.05) is 0 Å². The number of benzene rings is 2.